The number of likely N-dealkylation sites (tertiary alicyclic amines) is 1. The van der Waals surface area contributed by atoms with Crippen LogP contribution in [0.3, 0.4) is 0 Å². The summed E-state index contributed by atoms with van der Waals surface area (Å²) in [6.07, 6.45) is 5.28. The number of alkyl halides is 1. The van der Waals surface area contributed by atoms with Crippen LogP contribution in [0, 0.1) is 11.7 Å². The van der Waals surface area contributed by atoms with Crippen molar-refractivity contribution in [3.8, 4) is 0 Å². The van der Waals surface area contributed by atoms with E-state index in [0.29, 0.717) is 22.9 Å². The van der Waals surface area contributed by atoms with Crippen molar-refractivity contribution in [1.82, 2.24) is 25.4 Å². The number of hydrogen-bond donors (Lipinski definition) is 2. The molecule has 0 spiro atoms. The Balaban J connectivity index is 1.11. The van der Waals surface area contributed by atoms with Gasteiger partial charge >= 0.3 is 0 Å². The first-order valence-electron chi connectivity index (χ1n) is 16.4. The summed E-state index contributed by atoms with van der Waals surface area (Å²) in [5.74, 6) is -1.42. The van der Waals surface area contributed by atoms with Crippen LogP contribution in [-0.2, 0) is 9.59 Å². The van der Waals surface area contributed by atoms with E-state index in [1.165, 1.54) is 42.0 Å². The van der Waals surface area contributed by atoms with Crippen molar-refractivity contribution in [2.24, 2.45) is 5.92 Å². The molecular formula is C36H42F2N6O3. The summed E-state index contributed by atoms with van der Waals surface area (Å²) in [6, 6.07) is 12.5. The average Bonchev–Trinajstić information content (AvgIpc) is 3.81. The highest BCUT2D eigenvalue weighted by Crippen LogP contribution is 2.33. The van der Waals surface area contributed by atoms with Gasteiger partial charge in [-0.3, -0.25) is 14.4 Å². The molecule has 11 heteroatoms. The molecule has 3 aliphatic rings. The van der Waals surface area contributed by atoms with E-state index in [4.69, 9.17) is 0 Å². The van der Waals surface area contributed by atoms with E-state index in [-0.39, 0.29) is 24.7 Å². The molecule has 2 aliphatic heterocycles. The lowest BCUT2D eigenvalue weighted by molar-refractivity contribution is -0.138. The van der Waals surface area contributed by atoms with Crippen LogP contribution in [0.25, 0.3) is 17.0 Å². The zero-order valence-electron chi connectivity index (χ0n) is 27.1. The molecule has 1 aromatic heterocycles. The maximum absolute atomic E-state index is 14.6. The van der Waals surface area contributed by atoms with Crippen LogP contribution in [0.15, 0.2) is 54.6 Å². The Kier molecular flexibility index (Phi) is 9.54. The molecule has 2 N–H and O–H groups in total. The molecule has 1 aliphatic carbocycles. The van der Waals surface area contributed by atoms with Gasteiger partial charge in [0, 0.05) is 43.2 Å². The first-order chi connectivity index (χ1) is 22.5. The molecule has 3 heterocycles. The number of anilines is 1. The predicted molar refractivity (Wildman–Crippen MR) is 178 cm³/mol. The summed E-state index contributed by atoms with van der Waals surface area (Å²) < 4.78 is 28.1. The number of aromatic nitrogens is 1. The van der Waals surface area contributed by atoms with Gasteiger partial charge in [0.25, 0.3) is 5.91 Å². The van der Waals surface area contributed by atoms with Crippen molar-refractivity contribution >= 4 is 40.4 Å². The SMILES string of the molecule is C[C@H](NC(=O)[C@@H]1C[C@@H](F)CN1C(=O)CNC(=O)c1ccc2cc(F)ccc2n1)c1ccc(N2CCN(C)[C@@H](C)C2)cc1/C=C/C1CC1. The van der Waals surface area contributed by atoms with Gasteiger partial charge in [-0.05, 0) is 87.2 Å². The molecule has 0 unspecified atom stereocenters. The number of halogens is 2. The lowest BCUT2D eigenvalue weighted by Gasteiger charge is -2.39. The Morgan fingerprint density at radius 2 is 1.87 bits per heavy atom. The predicted octanol–water partition coefficient (Wildman–Crippen LogP) is 4.48. The van der Waals surface area contributed by atoms with Crippen LogP contribution in [0.1, 0.15) is 60.8 Å². The maximum Gasteiger partial charge on any atom is 0.270 e. The number of carbonyl (C=O) groups is 3. The minimum Gasteiger partial charge on any atom is -0.369 e. The normalized spacial score (nSPS) is 22.5. The standard InChI is InChI=1S/C36H42F2N6O3/c1-22-20-43(15-14-42(22)3)29-10-11-30(25(17-29)7-6-24-4-5-24)23(2)40-36(47)33-18-28(38)21-44(33)34(45)19-39-35(46)32-12-8-26-16-27(37)9-13-31(26)41-32/h6-13,16-17,22-24,28,33H,4-5,14-15,18-21H2,1-3H3,(H,39,46)(H,40,47)/b7-6+/t22-,23-,28+,33-/m0/s1. The van der Waals surface area contributed by atoms with Crippen LogP contribution in [0.5, 0.6) is 0 Å². The summed E-state index contributed by atoms with van der Waals surface area (Å²) in [6.45, 7) is 6.34. The van der Waals surface area contributed by atoms with Crippen LogP contribution in [0.2, 0.25) is 0 Å². The molecule has 2 aromatic carbocycles. The first kappa shape index (κ1) is 32.6. The van der Waals surface area contributed by atoms with E-state index in [1.54, 1.807) is 6.07 Å². The van der Waals surface area contributed by atoms with E-state index in [1.807, 2.05) is 6.92 Å². The van der Waals surface area contributed by atoms with Crippen molar-refractivity contribution in [3.05, 3.63) is 77.2 Å². The van der Waals surface area contributed by atoms with Gasteiger partial charge in [-0.15, -0.1) is 0 Å². The quantitative estimate of drug-likeness (QED) is 0.357. The Hall–Kier alpha value is -4.38. The highest BCUT2D eigenvalue weighted by molar-refractivity contribution is 5.97. The number of fused-ring (bicyclic) bond motifs is 1. The Morgan fingerprint density at radius 1 is 1.06 bits per heavy atom. The fraction of sp³-hybridized carbons (Fsp3) is 0.444. The number of nitrogens with zero attached hydrogens (tertiary/aromatic N) is 4. The summed E-state index contributed by atoms with van der Waals surface area (Å²) in [5.41, 5.74) is 3.62. The van der Waals surface area contributed by atoms with E-state index < -0.39 is 42.3 Å². The highest BCUT2D eigenvalue weighted by atomic mass is 19.1. The third kappa shape index (κ3) is 7.62. The fourth-order valence-corrected chi connectivity index (χ4v) is 6.38. The largest absolute Gasteiger partial charge is 0.369 e. The monoisotopic (exact) mass is 644 g/mol. The number of nitrogens with one attached hydrogen (secondary N) is 2. The van der Waals surface area contributed by atoms with Crippen molar-refractivity contribution in [3.63, 3.8) is 0 Å². The Bertz CT molecular complexity index is 1690. The van der Waals surface area contributed by atoms with Gasteiger partial charge < -0.3 is 25.3 Å². The van der Waals surface area contributed by atoms with Crippen molar-refractivity contribution in [1.29, 1.82) is 0 Å². The number of benzene rings is 2. The Morgan fingerprint density at radius 3 is 2.64 bits per heavy atom. The third-order valence-electron chi connectivity index (χ3n) is 9.55. The zero-order chi connectivity index (χ0) is 33.2. The number of pyridine rings is 1. The number of piperazine rings is 1. The summed E-state index contributed by atoms with van der Waals surface area (Å²) >= 11 is 0. The summed E-state index contributed by atoms with van der Waals surface area (Å²) in [4.78, 5) is 49.7. The maximum atomic E-state index is 14.6. The lowest BCUT2D eigenvalue weighted by Crippen LogP contribution is -2.50. The van der Waals surface area contributed by atoms with Gasteiger partial charge in [0.2, 0.25) is 11.8 Å². The van der Waals surface area contributed by atoms with Gasteiger partial charge in [-0.1, -0.05) is 24.3 Å². The first-order valence-corrected chi connectivity index (χ1v) is 16.4. The number of allylic oxidation sites excluding steroid dienone is 1. The molecule has 248 valence electrons. The van der Waals surface area contributed by atoms with Gasteiger partial charge in [0.05, 0.1) is 24.6 Å². The second kappa shape index (κ2) is 13.8. The molecule has 3 fully saturated rings. The molecule has 0 radical (unpaired) electrons. The van der Waals surface area contributed by atoms with Crippen molar-refractivity contribution in [2.45, 2.75) is 57.4 Å². The fourth-order valence-electron chi connectivity index (χ4n) is 6.38. The molecule has 2 saturated heterocycles. The average molecular weight is 645 g/mol. The molecule has 3 aromatic rings. The number of carbonyl (C=O) groups excluding carboxylic acids is 3. The number of likely N-dealkylation sites (N-methyl/N-ethyl adjacent to an activating group) is 1. The molecule has 6 rings (SSSR count). The minimum absolute atomic E-state index is 0.0597. The number of hydrogen-bond acceptors (Lipinski definition) is 6. The molecule has 0 bridgehead atoms. The van der Waals surface area contributed by atoms with Crippen LogP contribution >= 0.6 is 0 Å². The second-order valence-corrected chi connectivity index (χ2v) is 13.1. The van der Waals surface area contributed by atoms with E-state index in [9.17, 15) is 23.2 Å². The third-order valence-corrected chi connectivity index (χ3v) is 9.55. The Labute approximate surface area is 274 Å². The van der Waals surface area contributed by atoms with Crippen molar-refractivity contribution < 1.29 is 23.2 Å². The smallest absolute Gasteiger partial charge is 0.270 e. The van der Waals surface area contributed by atoms with Crippen LogP contribution in [0.4, 0.5) is 14.5 Å². The molecular weight excluding hydrogens is 602 g/mol. The van der Waals surface area contributed by atoms with E-state index >= 15 is 0 Å². The molecule has 3 amide bonds. The molecule has 47 heavy (non-hydrogen) atoms. The van der Waals surface area contributed by atoms with Crippen LogP contribution in [-0.4, -0.2) is 90.5 Å². The molecule has 4 atom stereocenters. The minimum atomic E-state index is -1.36. The molecule has 1 saturated carbocycles. The summed E-state index contributed by atoms with van der Waals surface area (Å²) in [7, 11) is 2.15. The topological polar surface area (TPSA) is 97.9 Å². The van der Waals surface area contributed by atoms with Gasteiger partial charge in [-0.2, -0.15) is 0 Å². The van der Waals surface area contributed by atoms with Gasteiger partial charge in [0.15, 0.2) is 0 Å². The molecule has 9 nitrogen and oxygen atoms in total. The second-order valence-electron chi connectivity index (χ2n) is 13.1. The zero-order valence-corrected chi connectivity index (χ0v) is 27.1. The van der Waals surface area contributed by atoms with Gasteiger partial charge in [-0.25, -0.2) is 13.8 Å². The van der Waals surface area contributed by atoms with Crippen LogP contribution < -0.4 is 15.5 Å². The van der Waals surface area contributed by atoms with Crippen molar-refractivity contribution in [2.75, 3.05) is 44.7 Å². The van der Waals surface area contributed by atoms with Gasteiger partial charge in [0.1, 0.15) is 23.7 Å². The van der Waals surface area contributed by atoms with E-state index in [2.05, 4.69) is 69.7 Å². The number of amides is 3. The van der Waals surface area contributed by atoms with E-state index in [0.717, 1.165) is 36.4 Å². The number of rotatable bonds is 9. The summed E-state index contributed by atoms with van der Waals surface area (Å²) in [5, 5.41) is 6.10. The lowest BCUT2D eigenvalue weighted by atomic mass is 9.98. The highest BCUT2D eigenvalue weighted by Gasteiger charge is 2.40.